The molecule has 144 valence electrons. The third-order valence-electron chi connectivity index (χ3n) is 4.59. The van der Waals surface area contributed by atoms with Crippen LogP contribution in [0.1, 0.15) is 18.9 Å². The number of nitro groups is 1. The summed E-state index contributed by atoms with van der Waals surface area (Å²) in [5.41, 5.74) is 8.87. The topological polar surface area (TPSA) is 101 Å². The number of halogens is 2. The Morgan fingerprint density at radius 1 is 1.37 bits per heavy atom. The van der Waals surface area contributed by atoms with Gasteiger partial charge in [0, 0.05) is 30.1 Å². The first-order chi connectivity index (χ1) is 12.4. The Kier molecular flexibility index (Phi) is 6.51. The summed E-state index contributed by atoms with van der Waals surface area (Å²) in [7, 11) is 0. The first kappa shape index (κ1) is 20.8. The van der Waals surface area contributed by atoms with Crippen molar-refractivity contribution in [2.45, 2.75) is 25.8 Å². The third kappa shape index (κ3) is 4.26. The molecular weight excluding hydrogens is 391 g/mol. The van der Waals surface area contributed by atoms with Crippen LogP contribution in [0.2, 0.25) is 5.02 Å². The van der Waals surface area contributed by atoms with Crippen LogP contribution in [0.15, 0.2) is 36.4 Å². The minimum Gasteiger partial charge on any atom is -0.398 e. The number of nitrogens with zero attached hydrogens (tertiary/aromatic N) is 2. The van der Waals surface area contributed by atoms with E-state index in [4.69, 9.17) is 17.3 Å². The van der Waals surface area contributed by atoms with Gasteiger partial charge in [-0.25, -0.2) is 0 Å². The molecule has 3 N–H and O–H groups in total. The van der Waals surface area contributed by atoms with Gasteiger partial charge in [0.15, 0.2) is 0 Å². The molecule has 0 aromatic heterocycles. The van der Waals surface area contributed by atoms with Gasteiger partial charge in [-0.05, 0) is 43.5 Å². The summed E-state index contributed by atoms with van der Waals surface area (Å²) in [5, 5.41) is 13.9. The zero-order chi connectivity index (χ0) is 18.8. The SMILES string of the molecule is CC(C(=O)Nc1cc([N+](=O)[O-])ccc1Cl)N1CCCc2c(N)cccc21.Cl. The number of carbonyl (C=O) groups is 1. The van der Waals surface area contributed by atoms with Crippen molar-refractivity contribution in [3.8, 4) is 0 Å². The maximum Gasteiger partial charge on any atom is 0.271 e. The maximum absolute atomic E-state index is 12.7. The van der Waals surface area contributed by atoms with E-state index in [2.05, 4.69) is 5.32 Å². The second-order valence-electron chi connectivity index (χ2n) is 6.23. The summed E-state index contributed by atoms with van der Waals surface area (Å²) in [6.07, 6.45) is 1.78. The zero-order valence-electron chi connectivity index (χ0n) is 14.6. The molecule has 1 amide bonds. The van der Waals surface area contributed by atoms with Crippen molar-refractivity contribution in [1.82, 2.24) is 0 Å². The van der Waals surface area contributed by atoms with Crippen LogP contribution in [0.25, 0.3) is 0 Å². The molecule has 0 aliphatic carbocycles. The van der Waals surface area contributed by atoms with Gasteiger partial charge in [0.2, 0.25) is 5.91 Å². The smallest absolute Gasteiger partial charge is 0.271 e. The quantitative estimate of drug-likeness (QED) is 0.449. The van der Waals surface area contributed by atoms with Crippen LogP contribution < -0.4 is 16.0 Å². The van der Waals surface area contributed by atoms with Crippen molar-refractivity contribution in [1.29, 1.82) is 0 Å². The zero-order valence-corrected chi connectivity index (χ0v) is 16.2. The molecule has 27 heavy (non-hydrogen) atoms. The number of non-ortho nitro benzene ring substituents is 1. The highest BCUT2D eigenvalue weighted by atomic mass is 35.5. The fourth-order valence-electron chi connectivity index (χ4n) is 3.18. The standard InChI is InChI=1S/C18H19ClN4O3.ClH/c1-11(22-9-3-4-13-15(20)5-2-6-17(13)22)18(24)21-16-10-12(23(25)26)7-8-14(16)19;/h2,5-8,10-11H,3-4,9,20H2,1H3,(H,21,24);1H. The molecule has 0 spiro atoms. The Morgan fingerprint density at radius 3 is 2.81 bits per heavy atom. The second kappa shape index (κ2) is 8.45. The number of fused-ring (bicyclic) bond motifs is 1. The van der Waals surface area contributed by atoms with Crippen LogP contribution in [0.5, 0.6) is 0 Å². The summed E-state index contributed by atoms with van der Waals surface area (Å²) in [6, 6.07) is 9.16. The van der Waals surface area contributed by atoms with E-state index in [-0.39, 0.29) is 34.7 Å². The largest absolute Gasteiger partial charge is 0.398 e. The lowest BCUT2D eigenvalue weighted by atomic mass is 9.98. The summed E-state index contributed by atoms with van der Waals surface area (Å²) in [6.45, 7) is 2.52. The Morgan fingerprint density at radius 2 is 2.11 bits per heavy atom. The average Bonchev–Trinajstić information content (AvgIpc) is 2.62. The number of nitrogen functional groups attached to an aromatic ring is 1. The summed E-state index contributed by atoms with van der Waals surface area (Å²) >= 11 is 6.07. The lowest BCUT2D eigenvalue weighted by Gasteiger charge is -2.36. The molecule has 1 aliphatic rings. The monoisotopic (exact) mass is 410 g/mol. The number of carbonyl (C=O) groups excluding carboxylic acids is 1. The highest BCUT2D eigenvalue weighted by molar-refractivity contribution is 6.33. The van der Waals surface area contributed by atoms with Gasteiger partial charge >= 0.3 is 0 Å². The highest BCUT2D eigenvalue weighted by Gasteiger charge is 2.27. The molecule has 0 radical (unpaired) electrons. The Hall–Kier alpha value is -2.51. The van der Waals surface area contributed by atoms with E-state index < -0.39 is 11.0 Å². The summed E-state index contributed by atoms with van der Waals surface area (Å²) in [5.74, 6) is -0.289. The molecule has 1 atom stereocenters. The van der Waals surface area contributed by atoms with Gasteiger partial charge in [-0.2, -0.15) is 0 Å². The molecule has 0 fully saturated rings. The van der Waals surface area contributed by atoms with E-state index in [0.717, 1.165) is 36.3 Å². The lowest BCUT2D eigenvalue weighted by Crippen LogP contribution is -2.44. The molecule has 3 rings (SSSR count). The van der Waals surface area contributed by atoms with Crippen molar-refractivity contribution >= 4 is 52.7 Å². The van der Waals surface area contributed by atoms with Gasteiger partial charge in [-0.3, -0.25) is 14.9 Å². The Balaban J connectivity index is 0.00000261. The van der Waals surface area contributed by atoms with E-state index in [9.17, 15) is 14.9 Å². The van der Waals surface area contributed by atoms with Crippen LogP contribution in [0, 0.1) is 10.1 Å². The van der Waals surface area contributed by atoms with E-state index in [1.165, 1.54) is 18.2 Å². The number of benzene rings is 2. The molecular formula is C18H20Cl2N4O3. The van der Waals surface area contributed by atoms with E-state index in [1.54, 1.807) is 6.92 Å². The van der Waals surface area contributed by atoms with Crippen LogP contribution in [0.3, 0.4) is 0 Å². The van der Waals surface area contributed by atoms with Gasteiger partial charge < -0.3 is 16.0 Å². The predicted molar refractivity (Wildman–Crippen MR) is 110 cm³/mol. The third-order valence-corrected chi connectivity index (χ3v) is 4.92. The second-order valence-corrected chi connectivity index (χ2v) is 6.64. The Labute approximate surface area is 168 Å². The number of rotatable bonds is 4. The predicted octanol–water partition coefficient (Wildman–Crippen LogP) is 4.03. The average molecular weight is 411 g/mol. The minimum absolute atomic E-state index is 0. The van der Waals surface area contributed by atoms with Gasteiger partial charge in [-0.15, -0.1) is 12.4 Å². The molecule has 0 saturated heterocycles. The van der Waals surface area contributed by atoms with Crippen molar-refractivity contribution in [2.75, 3.05) is 22.5 Å². The van der Waals surface area contributed by atoms with Crippen molar-refractivity contribution in [3.05, 3.63) is 57.1 Å². The number of nitrogens with two attached hydrogens (primary N) is 1. The van der Waals surface area contributed by atoms with Crippen LogP contribution in [0.4, 0.5) is 22.7 Å². The normalized spacial score (nSPS) is 13.9. The van der Waals surface area contributed by atoms with Crippen LogP contribution in [-0.2, 0) is 11.2 Å². The van der Waals surface area contributed by atoms with E-state index >= 15 is 0 Å². The number of hydrogen-bond acceptors (Lipinski definition) is 5. The van der Waals surface area contributed by atoms with Crippen LogP contribution in [-0.4, -0.2) is 23.4 Å². The summed E-state index contributed by atoms with van der Waals surface area (Å²) < 4.78 is 0. The molecule has 7 nitrogen and oxygen atoms in total. The first-order valence-electron chi connectivity index (χ1n) is 8.27. The number of nitro benzene ring substituents is 1. The van der Waals surface area contributed by atoms with Gasteiger partial charge in [0.1, 0.15) is 6.04 Å². The van der Waals surface area contributed by atoms with E-state index in [0.29, 0.717) is 0 Å². The fourth-order valence-corrected chi connectivity index (χ4v) is 3.35. The van der Waals surface area contributed by atoms with Gasteiger partial charge in [0.25, 0.3) is 5.69 Å². The van der Waals surface area contributed by atoms with Crippen molar-refractivity contribution < 1.29 is 9.72 Å². The van der Waals surface area contributed by atoms with E-state index in [1.807, 2.05) is 23.1 Å². The van der Waals surface area contributed by atoms with Gasteiger partial charge in [0.05, 0.1) is 15.6 Å². The molecule has 1 aliphatic heterocycles. The molecule has 0 saturated carbocycles. The summed E-state index contributed by atoms with van der Waals surface area (Å²) in [4.78, 5) is 25.1. The maximum atomic E-state index is 12.7. The number of amides is 1. The molecule has 2 aromatic carbocycles. The highest BCUT2D eigenvalue weighted by Crippen LogP contribution is 2.33. The number of nitrogens with one attached hydrogen (secondary N) is 1. The van der Waals surface area contributed by atoms with Crippen molar-refractivity contribution in [3.63, 3.8) is 0 Å². The minimum atomic E-state index is -0.529. The molecule has 1 heterocycles. The molecule has 1 unspecified atom stereocenters. The Bertz CT molecular complexity index is 876. The van der Waals surface area contributed by atoms with Gasteiger partial charge in [-0.1, -0.05) is 17.7 Å². The molecule has 0 bridgehead atoms. The van der Waals surface area contributed by atoms with Crippen molar-refractivity contribution in [2.24, 2.45) is 0 Å². The fraction of sp³-hybridized carbons (Fsp3) is 0.278. The number of hydrogen-bond donors (Lipinski definition) is 2. The molecule has 9 heteroatoms. The number of anilines is 3. The molecule has 2 aromatic rings. The van der Waals surface area contributed by atoms with Crippen LogP contribution >= 0.6 is 24.0 Å². The first-order valence-corrected chi connectivity index (χ1v) is 8.65. The lowest BCUT2D eigenvalue weighted by molar-refractivity contribution is -0.384.